The van der Waals surface area contributed by atoms with Crippen molar-refractivity contribution in [1.82, 2.24) is 4.90 Å². The maximum absolute atomic E-state index is 12.3. The molecule has 8 heteroatoms. The molecule has 1 heterocycles. The molecule has 0 aromatic heterocycles. The number of rotatable bonds is 6. The van der Waals surface area contributed by atoms with Gasteiger partial charge in [-0.25, -0.2) is 8.98 Å². The highest BCUT2D eigenvalue weighted by atomic mass is 32.2. The van der Waals surface area contributed by atoms with Gasteiger partial charge in [-0.05, 0) is 19.1 Å². The topological polar surface area (TPSA) is 82.1 Å². The van der Waals surface area contributed by atoms with Crippen LogP contribution in [-0.2, 0) is 28.6 Å². The third-order valence-electron chi connectivity index (χ3n) is 3.12. The minimum Gasteiger partial charge on any atom is -0.463 e. The molecule has 1 unspecified atom stereocenters. The molecule has 1 atom stereocenters. The summed E-state index contributed by atoms with van der Waals surface area (Å²) in [6.07, 6.45) is -1.30. The van der Waals surface area contributed by atoms with E-state index < -0.39 is 22.3 Å². The molecule has 0 N–H and O–H groups in total. The average molecular weight is 329 g/mol. The number of ether oxygens (including phenoxy) is 2. The third kappa shape index (κ3) is 4.26. The number of hydrogen-bond acceptors (Lipinski definition) is 7. The Labute approximate surface area is 129 Å². The van der Waals surface area contributed by atoms with Gasteiger partial charge < -0.3 is 9.47 Å². The monoisotopic (exact) mass is 329 g/mol. The molecule has 0 radical (unpaired) electrons. The van der Waals surface area contributed by atoms with E-state index in [-0.39, 0.29) is 11.5 Å². The van der Waals surface area contributed by atoms with Gasteiger partial charge >= 0.3 is 5.97 Å². The quantitative estimate of drug-likeness (QED) is 0.559. The van der Waals surface area contributed by atoms with Gasteiger partial charge in [0.2, 0.25) is 6.23 Å². The summed E-state index contributed by atoms with van der Waals surface area (Å²) in [6.45, 7) is 3.41. The van der Waals surface area contributed by atoms with Gasteiger partial charge in [-0.2, -0.15) is 8.42 Å². The lowest BCUT2D eigenvalue weighted by Crippen LogP contribution is -2.50. The van der Waals surface area contributed by atoms with E-state index in [9.17, 15) is 13.2 Å². The molecule has 122 valence electrons. The number of morpholine rings is 1. The van der Waals surface area contributed by atoms with Crippen molar-refractivity contribution < 1.29 is 26.9 Å². The first-order valence-electron chi connectivity index (χ1n) is 7.01. The van der Waals surface area contributed by atoms with Crippen LogP contribution >= 0.6 is 0 Å². The zero-order valence-electron chi connectivity index (χ0n) is 12.3. The lowest BCUT2D eigenvalue weighted by atomic mass is 10.4. The summed E-state index contributed by atoms with van der Waals surface area (Å²) >= 11 is 0. The molecule has 1 aromatic rings. The largest absolute Gasteiger partial charge is 0.463 e. The summed E-state index contributed by atoms with van der Waals surface area (Å²) in [5.41, 5.74) is 0. The van der Waals surface area contributed by atoms with Crippen molar-refractivity contribution in [2.45, 2.75) is 18.0 Å². The summed E-state index contributed by atoms with van der Waals surface area (Å²) in [6, 6.07) is 7.70. The van der Waals surface area contributed by atoms with Gasteiger partial charge in [0.1, 0.15) is 0 Å². The van der Waals surface area contributed by atoms with Crippen LogP contribution in [0.25, 0.3) is 0 Å². The van der Waals surface area contributed by atoms with Crippen LogP contribution in [-0.4, -0.2) is 58.4 Å². The number of carbonyl (C=O) groups excluding carboxylic acids is 1. The molecule has 0 aliphatic carbocycles. The van der Waals surface area contributed by atoms with Crippen LogP contribution in [0, 0.1) is 0 Å². The zero-order valence-corrected chi connectivity index (χ0v) is 13.1. The second-order valence-electron chi connectivity index (χ2n) is 4.62. The normalized spacial score (nSPS) is 17.9. The van der Waals surface area contributed by atoms with Crippen molar-refractivity contribution >= 4 is 16.1 Å². The molecule has 2 rings (SSSR count). The highest BCUT2D eigenvalue weighted by molar-refractivity contribution is 7.86. The summed E-state index contributed by atoms with van der Waals surface area (Å²) in [4.78, 5) is 13.7. The first kappa shape index (κ1) is 16.9. The maximum Gasteiger partial charge on any atom is 0.352 e. The van der Waals surface area contributed by atoms with Gasteiger partial charge in [-0.15, -0.1) is 0 Å². The van der Waals surface area contributed by atoms with Gasteiger partial charge in [0.05, 0.1) is 24.7 Å². The molecule has 1 saturated heterocycles. The lowest BCUT2D eigenvalue weighted by molar-refractivity contribution is -0.164. The summed E-state index contributed by atoms with van der Waals surface area (Å²) in [7, 11) is -4.06. The van der Waals surface area contributed by atoms with Gasteiger partial charge in [-0.1, -0.05) is 18.2 Å². The maximum atomic E-state index is 12.3. The van der Waals surface area contributed by atoms with Crippen molar-refractivity contribution in [3.8, 4) is 0 Å². The smallest absolute Gasteiger partial charge is 0.352 e. The second-order valence-corrected chi connectivity index (χ2v) is 6.19. The standard InChI is InChI=1S/C14H19NO6S/c1-2-20-14(16)13(15-8-10-19-11-9-15)21-22(17,18)12-6-4-3-5-7-12/h3-7,13H,2,8-11H2,1H3. The van der Waals surface area contributed by atoms with Crippen molar-refractivity contribution in [3.05, 3.63) is 30.3 Å². The van der Waals surface area contributed by atoms with Gasteiger partial charge in [0, 0.05) is 13.1 Å². The molecule has 1 aliphatic rings. The molecule has 0 spiro atoms. The van der Waals surface area contributed by atoms with E-state index in [1.54, 1.807) is 30.0 Å². The summed E-state index contributed by atoms with van der Waals surface area (Å²) in [5, 5.41) is 0. The number of hydrogen-bond donors (Lipinski definition) is 0. The fourth-order valence-electron chi connectivity index (χ4n) is 2.04. The van der Waals surface area contributed by atoms with E-state index in [1.807, 2.05) is 0 Å². The average Bonchev–Trinajstić information content (AvgIpc) is 2.54. The second kappa shape index (κ2) is 7.68. The molecule has 7 nitrogen and oxygen atoms in total. The fourth-order valence-corrected chi connectivity index (χ4v) is 3.08. The minimum absolute atomic E-state index is 0.00226. The molecule has 0 bridgehead atoms. The molecular weight excluding hydrogens is 310 g/mol. The van der Waals surface area contributed by atoms with Crippen LogP contribution < -0.4 is 0 Å². The molecule has 22 heavy (non-hydrogen) atoms. The Morgan fingerprint density at radius 3 is 2.50 bits per heavy atom. The molecular formula is C14H19NO6S. The van der Waals surface area contributed by atoms with E-state index in [0.717, 1.165) is 0 Å². The van der Waals surface area contributed by atoms with Crippen LogP contribution in [0.2, 0.25) is 0 Å². The van der Waals surface area contributed by atoms with E-state index in [2.05, 4.69) is 0 Å². The SMILES string of the molecule is CCOC(=O)C(OS(=O)(=O)c1ccccc1)N1CCOCC1. The molecule has 0 amide bonds. The van der Waals surface area contributed by atoms with E-state index in [0.29, 0.717) is 26.3 Å². The van der Waals surface area contributed by atoms with Crippen LogP contribution in [0.4, 0.5) is 0 Å². The van der Waals surface area contributed by atoms with Crippen LogP contribution in [0.3, 0.4) is 0 Å². The Morgan fingerprint density at radius 1 is 1.27 bits per heavy atom. The predicted molar refractivity (Wildman–Crippen MR) is 77.5 cm³/mol. The van der Waals surface area contributed by atoms with Crippen molar-refractivity contribution in [2.24, 2.45) is 0 Å². The Bertz CT molecular complexity index is 583. The zero-order chi connectivity index (χ0) is 16.0. The fraction of sp³-hybridized carbons (Fsp3) is 0.500. The van der Waals surface area contributed by atoms with Gasteiger partial charge in [0.15, 0.2) is 0 Å². The third-order valence-corrected chi connectivity index (χ3v) is 4.40. The van der Waals surface area contributed by atoms with E-state index in [4.69, 9.17) is 13.7 Å². The predicted octanol–water partition coefficient (Wildman–Crippen LogP) is 0.613. The Balaban J connectivity index is 2.20. The number of esters is 1. The van der Waals surface area contributed by atoms with E-state index >= 15 is 0 Å². The van der Waals surface area contributed by atoms with Crippen molar-refractivity contribution in [3.63, 3.8) is 0 Å². The van der Waals surface area contributed by atoms with Crippen molar-refractivity contribution in [1.29, 1.82) is 0 Å². The summed E-state index contributed by atoms with van der Waals surface area (Å²) < 4.78 is 39.9. The number of carbonyl (C=O) groups is 1. The molecule has 1 aliphatic heterocycles. The number of nitrogens with zero attached hydrogens (tertiary/aromatic N) is 1. The van der Waals surface area contributed by atoms with Crippen molar-refractivity contribution in [2.75, 3.05) is 32.9 Å². The Hall–Kier alpha value is -1.48. The van der Waals surface area contributed by atoms with Crippen LogP contribution in [0.15, 0.2) is 35.2 Å². The van der Waals surface area contributed by atoms with Crippen LogP contribution in [0.5, 0.6) is 0 Å². The molecule has 1 fully saturated rings. The Morgan fingerprint density at radius 2 is 1.91 bits per heavy atom. The Kier molecular flexibility index (Phi) is 5.90. The van der Waals surface area contributed by atoms with Gasteiger partial charge in [-0.3, -0.25) is 4.90 Å². The highest BCUT2D eigenvalue weighted by Crippen LogP contribution is 2.17. The highest BCUT2D eigenvalue weighted by Gasteiger charge is 2.34. The van der Waals surface area contributed by atoms with Gasteiger partial charge in [0.25, 0.3) is 10.1 Å². The minimum atomic E-state index is -4.06. The number of benzene rings is 1. The first-order chi connectivity index (χ1) is 10.5. The van der Waals surface area contributed by atoms with E-state index in [1.165, 1.54) is 12.1 Å². The molecule has 0 saturated carbocycles. The lowest BCUT2D eigenvalue weighted by Gasteiger charge is -2.31. The summed E-state index contributed by atoms with van der Waals surface area (Å²) in [5.74, 6) is -0.719. The first-order valence-corrected chi connectivity index (χ1v) is 8.42. The molecule has 1 aromatic carbocycles. The van der Waals surface area contributed by atoms with Crippen LogP contribution in [0.1, 0.15) is 6.92 Å².